The van der Waals surface area contributed by atoms with E-state index in [0.29, 0.717) is 41.9 Å². The van der Waals surface area contributed by atoms with Crippen LogP contribution in [-0.2, 0) is 28.7 Å². The summed E-state index contributed by atoms with van der Waals surface area (Å²) in [4.78, 5) is 52.2. The second kappa shape index (κ2) is 15.7. The largest absolute Gasteiger partial charge is 0.469 e. The van der Waals surface area contributed by atoms with Gasteiger partial charge >= 0.3 is 11.9 Å². The zero-order valence-corrected chi connectivity index (χ0v) is 32.7. The van der Waals surface area contributed by atoms with E-state index < -0.39 is 17.9 Å². The number of likely N-dealkylation sites (tertiary alicyclic amines) is 1. The fraction of sp³-hybridized carbons (Fsp3) is 0.867. The summed E-state index contributed by atoms with van der Waals surface area (Å²) in [6.45, 7) is 8.92. The smallest absolute Gasteiger partial charge is 0.309 e. The third-order valence-electron chi connectivity index (χ3n) is 17.6. The summed E-state index contributed by atoms with van der Waals surface area (Å²) in [5.41, 5.74) is -0.435. The molecule has 314 valence electrons. The van der Waals surface area contributed by atoms with Gasteiger partial charge in [-0.05, 0) is 141 Å². The maximum atomic E-state index is 14.5. The van der Waals surface area contributed by atoms with Gasteiger partial charge in [0.1, 0.15) is 0 Å². The number of piperidine rings is 1. The molecule has 0 spiro atoms. The molecule has 8 aliphatic rings. The molecule has 0 bridgehead atoms. The topological polar surface area (TPSA) is 93.2 Å². The van der Waals surface area contributed by atoms with Crippen LogP contribution in [0.3, 0.4) is 0 Å². The zero-order chi connectivity index (χ0) is 37.7. The molecule has 1 saturated heterocycles. The number of hydrogen-bond donors (Lipinski definition) is 0. The number of methoxy groups -OCH3 is 2. The lowest BCUT2D eigenvalue weighted by atomic mass is 9.46. The van der Waals surface area contributed by atoms with Crippen LogP contribution in [0.25, 0.3) is 0 Å². The van der Waals surface area contributed by atoms with Crippen molar-refractivity contribution in [3.05, 3.63) is 11.9 Å². The highest BCUT2D eigenvalue weighted by molar-refractivity contribution is 5.92. The molecule has 0 N–H and O–H groups in total. The van der Waals surface area contributed by atoms with Crippen molar-refractivity contribution in [3.63, 3.8) is 0 Å². The van der Waals surface area contributed by atoms with Gasteiger partial charge in [-0.25, -0.2) is 8.78 Å². The van der Waals surface area contributed by atoms with Crippen molar-refractivity contribution in [2.45, 2.75) is 152 Å². The van der Waals surface area contributed by atoms with Crippen LogP contribution < -0.4 is 0 Å². The maximum absolute atomic E-state index is 14.5. The van der Waals surface area contributed by atoms with E-state index in [9.17, 15) is 28.0 Å². The number of alkyl halides is 1. The minimum Gasteiger partial charge on any atom is -0.469 e. The van der Waals surface area contributed by atoms with E-state index in [2.05, 4.69) is 27.7 Å². The van der Waals surface area contributed by atoms with Crippen LogP contribution in [-0.4, -0.2) is 80.1 Å². The predicted molar refractivity (Wildman–Crippen MR) is 212 cm³/mol. The first-order valence-corrected chi connectivity index (χ1v) is 20.2. The molecule has 3 unspecified atom stereocenters. The van der Waals surface area contributed by atoms with E-state index in [4.69, 9.17) is 9.47 Å². The van der Waals surface area contributed by atoms with Gasteiger partial charge in [-0.2, -0.15) is 0 Å². The minimum absolute atomic E-state index is 0. The molecule has 6 saturated carbocycles. The number of hydrogen-bond acceptors (Lipinski definition) is 6. The average molecular weight is 777 g/mol. The highest BCUT2D eigenvalue weighted by atomic mass is 19.1. The average Bonchev–Trinajstić information content (AvgIpc) is 3.66. The normalized spacial score (nSPS) is 46.4. The molecule has 10 heteroatoms. The predicted octanol–water partition coefficient (Wildman–Crippen LogP) is 9.21. The Morgan fingerprint density at radius 1 is 0.655 bits per heavy atom. The van der Waals surface area contributed by atoms with Crippen molar-refractivity contribution in [3.8, 4) is 0 Å². The van der Waals surface area contributed by atoms with Crippen molar-refractivity contribution in [2.24, 2.45) is 69.0 Å². The number of halogens is 2. The summed E-state index contributed by atoms with van der Waals surface area (Å²) in [5.74, 6) is 1.33. The van der Waals surface area contributed by atoms with Crippen molar-refractivity contribution in [2.75, 3.05) is 28.3 Å². The lowest BCUT2D eigenvalue weighted by molar-refractivity contribution is -0.171. The zero-order valence-electron chi connectivity index (χ0n) is 32.7. The summed E-state index contributed by atoms with van der Waals surface area (Å²) in [6, 6.07) is 0.239. The van der Waals surface area contributed by atoms with Gasteiger partial charge in [-0.15, -0.1) is 0 Å². The molecule has 2 amide bonds. The molecule has 8 rings (SSSR count). The van der Waals surface area contributed by atoms with Crippen molar-refractivity contribution < 1.29 is 37.4 Å². The van der Waals surface area contributed by atoms with Crippen LogP contribution >= 0.6 is 0 Å². The Morgan fingerprint density at radius 3 is 1.62 bits per heavy atom. The number of rotatable bonds is 2. The van der Waals surface area contributed by atoms with Crippen LogP contribution in [0.5, 0.6) is 0 Å². The Balaban J connectivity index is 0.000000232. The van der Waals surface area contributed by atoms with Gasteiger partial charge in [0.05, 0.1) is 26.1 Å². The number of fused-ring (bicyclic) bond motifs is 10. The maximum Gasteiger partial charge on any atom is 0.309 e. The van der Waals surface area contributed by atoms with Gasteiger partial charge in [0, 0.05) is 31.6 Å². The first-order chi connectivity index (χ1) is 24.5. The van der Waals surface area contributed by atoms with E-state index >= 15 is 0 Å². The quantitative estimate of drug-likeness (QED) is 0.260. The van der Waals surface area contributed by atoms with Gasteiger partial charge in [0.2, 0.25) is 0 Å². The molecule has 8 nitrogen and oxygen atoms in total. The molecule has 2 heterocycles. The Bertz CT molecular complexity index is 1520. The van der Waals surface area contributed by atoms with Gasteiger partial charge in [0.25, 0.3) is 11.8 Å². The van der Waals surface area contributed by atoms with Gasteiger partial charge < -0.3 is 19.3 Å². The standard InChI is InChI=1S/C21H32FNO3.C21H30FNO3.3CH4/c2*1-20-10-9-14-12(13(20)6-7-15(20)19(25)26-4)5-8-17-21(14,2)11-16(22)18(24)23(17)3;;;/h12-17H,5-11H2,1-4H3;11-15,17H,5-10H2,1-4H3;3*1H4/t12-,13-,14?,15+,16?,17+,20-,21+;12-,13-,14?,15+,17+,20-,21+;;;/m00.../s1. The van der Waals surface area contributed by atoms with Crippen LogP contribution in [0, 0.1) is 69.0 Å². The lowest BCUT2D eigenvalue weighted by Crippen LogP contribution is -2.64. The Labute approximate surface area is 331 Å². The molecule has 55 heavy (non-hydrogen) atoms. The number of likely N-dealkylation sites (N-methyl/N-ethyl adjacent to an activating group) is 1. The highest BCUT2D eigenvalue weighted by Gasteiger charge is 2.64. The molecule has 0 aromatic rings. The molecule has 2 aliphatic heterocycles. The highest BCUT2D eigenvalue weighted by Crippen LogP contribution is 2.67. The summed E-state index contributed by atoms with van der Waals surface area (Å²) >= 11 is 0. The number of esters is 2. The second-order valence-electron chi connectivity index (χ2n) is 19.2. The van der Waals surface area contributed by atoms with Crippen molar-refractivity contribution in [1.29, 1.82) is 0 Å². The number of amides is 2. The first-order valence-electron chi connectivity index (χ1n) is 20.2. The Kier molecular flexibility index (Phi) is 12.9. The summed E-state index contributed by atoms with van der Waals surface area (Å²) in [6.07, 6.45) is 12.6. The van der Waals surface area contributed by atoms with Crippen molar-refractivity contribution in [1.82, 2.24) is 9.80 Å². The number of ether oxygens (including phenoxy) is 2. The van der Waals surface area contributed by atoms with E-state index in [-0.39, 0.29) is 85.7 Å². The molecule has 6 aliphatic carbocycles. The molecular weight excluding hydrogens is 702 g/mol. The van der Waals surface area contributed by atoms with Gasteiger partial charge in [-0.3, -0.25) is 19.2 Å². The lowest BCUT2D eigenvalue weighted by Gasteiger charge is -2.62. The fourth-order valence-corrected chi connectivity index (χ4v) is 15.1. The van der Waals surface area contributed by atoms with E-state index in [1.54, 1.807) is 30.0 Å². The van der Waals surface area contributed by atoms with Crippen LogP contribution in [0.15, 0.2) is 11.9 Å². The fourth-order valence-electron chi connectivity index (χ4n) is 15.1. The SMILES string of the molecule is C.C.C.COC(=O)[C@H]1CC[C@H]2[C@@H]3CC[C@H]4N(C)C(=O)C(F)=C[C@]4(C)C3CC[C@]12C.COC(=O)[C@H]1CC[C@H]2[C@@H]3CC[C@H]4N(C)C(=O)C(F)C[C@]4(C)C3CC[C@]12C. The molecule has 0 aromatic heterocycles. The van der Waals surface area contributed by atoms with Crippen LogP contribution in [0.1, 0.15) is 133 Å². The summed E-state index contributed by atoms with van der Waals surface area (Å²) < 4.78 is 39.1. The third-order valence-corrected chi connectivity index (χ3v) is 17.6. The van der Waals surface area contributed by atoms with E-state index in [1.165, 1.54) is 14.2 Å². The molecular formula is C45H74F2N2O6. The van der Waals surface area contributed by atoms with Crippen molar-refractivity contribution >= 4 is 23.8 Å². The molecule has 0 aromatic carbocycles. The number of carbonyl (C=O) groups excluding carboxylic acids is 4. The van der Waals surface area contributed by atoms with E-state index in [1.807, 2.05) is 0 Å². The van der Waals surface area contributed by atoms with Crippen LogP contribution in [0.4, 0.5) is 8.78 Å². The second-order valence-corrected chi connectivity index (χ2v) is 19.2. The Hall–Kier alpha value is -2.52. The molecule has 15 atom stereocenters. The third kappa shape index (κ3) is 6.48. The van der Waals surface area contributed by atoms with E-state index in [0.717, 1.165) is 77.0 Å². The summed E-state index contributed by atoms with van der Waals surface area (Å²) in [7, 11) is 6.51. The first kappa shape index (κ1) is 45.2. The van der Waals surface area contributed by atoms with Gasteiger partial charge in [0.15, 0.2) is 12.0 Å². The number of carbonyl (C=O) groups is 4. The molecule has 0 radical (unpaired) electrons. The Morgan fingerprint density at radius 2 is 1.11 bits per heavy atom. The number of nitrogens with zero attached hydrogens (tertiary/aromatic N) is 2. The minimum atomic E-state index is -1.36. The molecule has 7 fully saturated rings. The van der Waals surface area contributed by atoms with Crippen LogP contribution in [0.2, 0.25) is 0 Å². The monoisotopic (exact) mass is 777 g/mol. The summed E-state index contributed by atoms with van der Waals surface area (Å²) in [5, 5.41) is 0. The van der Waals surface area contributed by atoms with Gasteiger partial charge in [-0.1, -0.05) is 50.0 Å².